The summed E-state index contributed by atoms with van der Waals surface area (Å²) in [6, 6.07) is 14.4. The zero-order valence-electron chi connectivity index (χ0n) is 24.0. The number of hydrogen-bond acceptors (Lipinski definition) is 7. The highest BCUT2D eigenvalue weighted by Crippen LogP contribution is 2.44. The first kappa shape index (κ1) is 31.8. The molecule has 0 saturated carbocycles. The lowest BCUT2D eigenvalue weighted by molar-refractivity contribution is -0.192. The van der Waals surface area contributed by atoms with Gasteiger partial charge in [-0.1, -0.05) is 48.5 Å². The van der Waals surface area contributed by atoms with Crippen LogP contribution in [0.2, 0.25) is 0 Å². The summed E-state index contributed by atoms with van der Waals surface area (Å²) in [5.74, 6) is -3.57. The standard InChI is InChI=1S/C28H33N3O5.C2HF3O2/c1-28(2,3)36-26(33)24-13-12-17-14-30(15-23(29)25(32)31(17)24)27(34)35-16-22-20-10-6-4-8-18(20)19-9-5-7-11-21(19)22;3-2(4,5)1(6)7/h4-11,17,22-24H,12-16,29H2,1-3H3;(H,6,7)/t17-,23+,24+;/m1./s1. The van der Waals surface area contributed by atoms with Crippen molar-refractivity contribution in [3.8, 4) is 11.1 Å². The fraction of sp³-hybridized carbons (Fsp3) is 0.467. The SMILES string of the molecule is CC(C)(C)OC(=O)[C@@H]1CC[C@@H]2CN(C(=O)OCC3c4ccccc4-c4ccccc43)C[C@H](N)C(=O)N21.O=C(O)C(F)(F)F. The Kier molecular flexibility index (Phi) is 9.05. The number of carboxylic acid groups (broad SMARTS) is 1. The highest BCUT2D eigenvalue weighted by Gasteiger charge is 2.47. The zero-order chi connectivity index (χ0) is 31.7. The molecule has 2 aromatic rings. The summed E-state index contributed by atoms with van der Waals surface area (Å²) in [6.07, 6.45) is -4.51. The number of nitrogens with two attached hydrogens (primary N) is 1. The predicted molar refractivity (Wildman–Crippen MR) is 148 cm³/mol. The minimum atomic E-state index is -5.08. The Morgan fingerprint density at radius 2 is 1.49 bits per heavy atom. The number of carbonyl (C=O) groups is 4. The van der Waals surface area contributed by atoms with E-state index in [0.717, 1.165) is 22.3 Å². The van der Waals surface area contributed by atoms with Gasteiger partial charge in [-0.25, -0.2) is 14.4 Å². The maximum Gasteiger partial charge on any atom is 0.490 e. The summed E-state index contributed by atoms with van der Waals surface area (Å²) in [7, 11) is 0. The van der Waals surface area contributed by atoms with E-state index in [9.17, 15) is 27.6 Å². The Morgan fingerprint density at radius 3 is 2.00 bits per heavy atom. The van der Waals surface area contributed by atoms with Crippen LogP contribution < -0.4 is 5.73 Å². The summed E-state index contributed by atoms with van der Waals surface area (Å²) < 4.78 is 43.1. The number of hydrogen-bond donors (Lipinski definition) is 2. The van der Waals surface area contributed by atoms with Gasteiger partial charge in [0, 0.05) is 19.0 Å². The van der Waals surface area contributed by atoms with Crippen molar-refractivity contribution in [1.29, 1.82) is 0 Å². The number of benzene rings is 2. The fourth-order valence-electron chi connectivity index (χ4n) is 5.67. The largest absolute Gasteiger partial charge is 0.490 e. The molecule has 0 radical (unpaired) electrons. The normalized spacial score (nSPS) is 21.6. The lowest BCUT2D eigenvalue weighted by Gasteiger charge is -2.31. The van der Waals surface area contributed by atoms with E-state index < -0.39 is 41.9 Å². The second kappa shape index (κ2) is 12.2. The number of carboxylic acids is 1. The third-order valence-electron chi connectivity index (χ3n) is 7.44. The van der Waals surface area contributed by atoms with E-state index in [1.807, 2.05) is 24.3 Å². The molecule has 13 heteroatoms. The van der Waals surface area contributed by atoms with E-state index in [2.05, 4.69) is 24.3 Å². The van der Waals surface area contributed by atoms with Crippen LogP contribution in [0.4, 0.5) is 18.0 Å². The molecule has 5 rings (SSSR count). The second-order valence-corrected chi connectivity index (χ2v) is 11.6. The highest BCUT2D eigenvalue weighted by atomic mass is 19.4. The molecule has 0 unspecified atom stereocenters. The first-order valence-electron chi connectivity index (χ1n) is 13.8. The Hall–Kier alpha value is -4.13. The van der Waals surface area contributed by atoms with Crippen LogP contribution in [-0.4, -0.2) is 88.4 Å². The maximum absolute atomic E-state index is 13.2. The third kappa shape index (κ3) is 7.10. The van der Waals surface area contributed by atoms with Crippen molar-refractivity contribution in [3.05, 3.63) is 59.7 Å². The molecule has 0 aromatic heterocycles. The van der Waals surface area contributed by atoms with Crippen LogP contribution in [0.3, 0.4) is 0 Å². The lowest BCUT2D eigenvalue weighted by atomic mass is 9.98. The Balaban J connectivity index is 0.000000541. The van der Waals surface area contributed by atoms with E-state index in [1.54, 1.807) is 20.8 Å². The minimum absolute atomic E-state index is 0.0452. The van der Waals surface area contributed by atoms with Gasteiger partial charge in [0.2, 0.25) is 5.91 Å². The van der Waals surface area contributed by atoms with Gasteiger partial charge in [0.05, 0.1) is 6.04 Å². The van der Waals surface area contributed by atoms with Gasteiger partial charge in [0.15, 0.2) is 0 Å². The maximum atomic E-state index is 13.2. The molecule has 2 aliphatic heterocycles. The van der Waals surface area contributed by atoms with Crippen LogP contribution in [0.5, 0.6) is 0 Å². The van der Waals surface area contributed by atoms with Crippen LogP contribution in [0.1, 0.15) is 50.7 Å². The van der Waals surface area contributed by atoms with Crippen molar-refractivity contribution in [3.63, 3.8) is 0 Å². The average Bonchev–Trinajstić information content (AvgIpc) is 3.45. The molecule has 43 heavy (non-hydrogen) atoms. The van der Waals surface area contributed by atoms with E-state index in [0.29, 0.717) is 12.8 Å². The van der Waals surface area contributed by atoms with Gasteiger partial charge >= 0.3 is 24.2 Å². The molecule has 2 heterocycles. The Labute approximate surface area is 246 Å². The van der Waals surface area contributed by atoms with Gasteiger partial charge in [-0.3, -0.25) is 4.79 Å². The van der Waals surface area contributed by atoms with Crippen LogP contribution in [0.25, 0.3) is 11.1 Å². The smallest absolute Gasteiger partial charge is 0.475 e. The summed E-state index contributed by atoms with van der Waals surface area (Å²) in [4.78, 5) is 51.1. The Morgan fingerprint density at radius 1 is 0.953 bits per heavy atom. The molecule has 3 atom stereocenters. The van der Waals surface area contributed by atoms with Crippen molar-refractivity contribution >= 4 is 23.9 Å². The van der Waals surface area contributed by atoms with Gasteiger partial charge in [-0.15, -0.1) is 0 Å². The number of amides is 2. The zero-order valence-corrected chi connectivity index (χ0v) is 24.0. The van der Waals surface area contributed by atoms with Gasteiger partial charge < -0.3 is 30.1 Å². The third-order valence-corrected chi connectivity index (χ3v) is 7.44. The molecule has 3 N–H and O–H groups in total. The molecule has 2 aromatic carbocycles. The molecule has 10 nitrogen and oxygen atoms in total. The summed E-state index contributed by atoms with van der Waals surface area (Å²) in [5.41, 5.74) is 10.1. The molecular weight excluding hydrogens is 571 g/mol. The highest BCUT2D eigenvalue weighted by molar-refractivity contribution is 5.89. The van der Waals surface area contributed by atoms with Crippen molar-refractivity contribution in [2.24, 2.45) is 5.73 Å². The summed E-state index contributed by atoms with van der Waals surface area (Å²) in [5, 5.41) is 7.12. The number of fused-ring (bicyclic) bond motifs is 4. The summed E-state index contributed by atoms with van der Waals surface area (Å²) >= 11 is 0. The minimum Gasteiger partial charge on any atom is -0.475 e. The van der Waals surface area contributed by atoms with Gasteiger partial charge in [0.1, 0.15) is 24.3 Å². The lowest BCUT2D eigenvalue weighted by Crippen LogP contribution is -2.52. The Bertz CT molecular complexity index is 1350. The first-order chi connectivity index (χ1) is 20.1. The predicted octanol–water partition coefficient (Wildman–Crippen LogP) is 3.91. The van der Waals surface area contributed by atoms with Crippen LogP contribution >= 0.6 is 0 Å². The molecular formula is C30H34F3N3O7. The number of alkyl halides is 3. The molecule has 2 amide bonds. The average molecular weight is 606 g/mol. The van der Waals surface area contributed by atoms with Crippen molar-refractivity contribution in [2.75, 3.05) is 19.7 Å². The fourth-order valence-corrected chi connectivity index (χ4v) is 5.67. The molecule has 0 bridgehead atoms. The molecule has 0 spiro atoms. The quantitative estimate of drug-likeness (QED) is 0.502. The van der Waals surface area contributed by atoms with Gasteiger partial charge in [-0.05, 0) is 55.9 Å². The number of nitrogens with zero attached hydrogens (tertiary/aromatic N) is 2. The van der Waals surface area contributed by atoms with Gasteiger partial charge in [0.25, 0.3) is 0 Å². The molecule has 2 fully saturated rings. The first-order valence-corrected chi connectivity index (χ1v) is 13.8. The molecule has 1 aliphatic carbocycles. The van der Waals surface area contributed by atoms with Crippen LogP contribution in [-0.2, 0) is 23.9 Å². The summed E-state index contributed by atoms with van der Waals surface area (Å²) in [6.45, 7) is 5.91. The topological polar surface area (TPSA) is 139 Å². The molecule has 2 saturated heterocycles. The van der Waals surface area contributed by atoms with Crippen molar-refractivity contribution in [1.82, 2.24) is 9.80 Å². The van der Waals surface area contributed by atoms with Crippen molar-refractivity contribution < 1.29 is 46.9 Å². The van der Waals surface area contributed by atoms with E-state index >= 15 is 0 Å². The van der Waals surface area contributed by atoms with E-state index in [-0.39, 0.29) is 37.6 Å². The van der Waals surface area contributed by atoms with E-state index in [4.69, 9.17) is 25.1 Å². The number of esters is 1. The number of carbonyl (C=O) groups excluding carboxylic acids is 3. The van der Waals surface area contributed by atoms with Crippen LogP contribution in [0, 0.1) is 0 Å². The monoisotopic (exact) mass is 605 g/mol. The van der Waals surface area contributed by atoms with E-state index in [1.165, 1.54) is 9.80 Å². The second-order valence-electron chi connectivity index (χ2n) is 11.6. The van der Waals surface area contributed by atoms with Gasteiger partial charge in [-0.2, -0.15) is 13.2 Å². The number of halogens is 3. The number of aliphatic carboxylic acids is 1. The molecule has 232 valence electrons. The molecule has 3 aliphatic rings. The van der Waals surface area contributed by atoms with Crippen LogP contribution in [0.15, 0.2) is 48.5 Å². The number of ether oxygens (including phenoxy) is 2. The van der Waals surface area contributed by atoms with Crippen molar-refractivity contribution in [2.45, 2.75) is 69.4 Å². The number of rotatable bonds is 3.